The van der Waals surface area contributed by atoms with Gasteiger partial charge < -0.3 is 4.74 Å². The van der Waals surface area contributed by atoms with Gasteiger partial charge in [0.05, 0.1) is 5.02 Å². The molecular weight excluding hydrogens is 411 g/mol. The number of hydrogen-bond acceptors (Lipinski definition) is 4. The van der Waals surface area contributed by atoms with Gasteiger partial charge in [0.25, 0.3) is 0 Å². The summed E-state index contributed by atoms with van der Waals surface area (Å²) < 4.78 is 19.1. The van der Waals surface area contributed by atoms with Crippen LogP contribution in [0.2, 0.25) is 5.02 Å². The summed E-state index contributed by atoms with van der Waals surface area (Å²) in [5, 5.41) is 0.814. The highest BCUT2D eigenvalue weighted by atomic mass is 35.5. The highest BCUT2D eigenvalue weighted by molar-refractivity contribution is 7.21. The van der Waals surface area contributed by atoms with Gasteiger partial charge in [-0.2, -0.15) is 0 Å². The van der Waals surface area contributed by atoms with Gasteiger partial charge in [0.1, 0.15) is 10.7 Å². The first-order chi connectivity index (χ1) is 14.0. The molecule has 2 aromatic carbocycles. The van der Waals surface area contributed by atoms with Crippen LogP contribution in [0.4, 0.5) is 4.39 Å². The fourth-order valence-corrected chi connectivity index (χ4v) is 5.25. The van der Waals surface area contributed by atoms with Crippen molar-refractivity contribution >= 4 is 44.8 Å². The Morgan fingerprint density at radius 2 is 1.79 bits per heavy atom. The Balaban J connectivity index is 1.40. The summed E-state index contributed by atoms with van der Waals surface area (Å²) in [7, 11) is 0. The van der Waals surface area contributed by atoms with Gasteiger partial charge in [0.2, 0.25) is 0 Å². The van der Waals surface area contributed by atoms with Crippen molar-refractivity contribution in [2.45, 2.75) is 38.0 Å². The minimum Gasteiger partial charge on any atom is -0.453 e. The molecule has 0 aliphatic heterocycles. The van der Waals surface area contributed by atoms with E-state index in [1.54, 1.807) is 12.1 Å². The lowest BCUT2D eigenvalue weighted by Gasteiger charge is -2.22. The molecule has 4 rings (SSSR count). The molecule has 1 heterocycles. The fraction of sp³-hybridized carbons (Fsp3) is 0.304. The van der Waals surface area contributed by atoms with Crippen LogP contribution in [0.3, 0.4) is 0 Å². The molecule has 1 saturated carbocycles. The number of carbonyl (C=O) groups excluding carboxylic acids is 2. The van der Waals surface area contributed by atoms with E-state index in [2.05, 4.69) is 0 Å². The Labute approximate surface area is 177 Å². The number of ketones is 1. The Kier molecular flexibility index (Phi) is 5.97. The molecule has 0 radical (unpaired) electrons. The normalized spacial score (nSPS) is 14.8. The molecule has 0 saturated heterocycles. The molecule has 0 unspecified atom stereocenters. The van der Waals surface area contributed by atoms with Gasteiger partial charge in [-0.3, -0.25) is 4.79 Å². The Bertz CT molecular complexity index is 1050. The van der Waals surface area contributed by atoms with Crippen LogP contribution in [0.1, 0.15) is 63.6 Å². The van der Waals surface area contributed by atoms with Crippen LogP contribution in [0, 0.1) is 5.82 Å². The largest absolute Gasteiger partial charge is 0.453 e. The van der Waals surface area contributed by atoms with Crippen molar-refractivity contribution in [2.24, 2.45) is 0 Å². The van der Waals surface area contributed by atoms with E-state index < -0.39 is 11.8 Å². The standard InChI is InChI=1S/C23H20ClFO3S/c24-21-18-11-10-17(25)12-20(18)29-22(21)23(27)28-13-19(26)16-8-6-15(7-9-16)14-4-2-1-3-5-14/h6-12,14H,1-5,13H2. The number of fused-ring (bicyclic) bond motifs is 1. The molecule has 1 aliphatic rings. The summed E-state index contributed by atoms with van der Waals surface area (Å²) in [6.45, 7) is -0.361. The van der Waals surface area contributed by atoms with Gasteiger partial charge in [-0.15, -0.1) is 11.3 Å². The zero-order valence-electron chi connectivity index (χ0n) is 15.8. The number of rotatable bonds is 5. The van der Waals surface area contributed by atoms with E-state index in [9.17, 15) is 14.0 Å². The summed E-state index contributed by atoms with van der Waals surface area (Å²) in [5.74, 6) is -0.770. The molecule has 0 spiro atoms. The Morgan fingerprint density at radius 3 is 2.52 bits per heavy atom. The lowest BCUT2D eigenvalue weighted by atomic mass is 9.84. The lowest BCUT2D eigenvalue weighted by molar-refractivity contribution is 0.0480. The van der Waals surface area contributed by atoms with Gasteiger partial charge in [-0.05, 0) is 42.5 Å². The van der Waals surface area contributed by atoms with Crippen molar-refractivity contribution in [1.29, 1.82) is 0 Å². The number of benzene rings is 2. The molecule has 0 atom stereocenters. The smallest absolute Gasteiger partial charge is 0.350 e. The molecule has 0 N–H and O–H groups in total. The highest BCUT2D eigenvalue weighted by Gasteiger charge is 2.21. The second kappa shape index (κ2) is 8.64. The van der Waals surface area contributed by atoms with Gasteiger partial charge in [0, 0.05) is 15.6 Å². The maximum atomic E-state index is 13.4. The van der Waals surface area contributed by atoms with Crippen LogP contribution in [0.5, 0.6) is 0 Å². The Morgan fingerprint density at radius 1 is 1.07 bits per heavy atom. The molecule has 1 aliphatic carbocycles. The average molecular weight is 431 g/mol. The van der Waals surface area contributed by atoms with Crippen LogP contribution in [0.15, 0.2) is 42.5 Å². The first-order valence-corrected chi connectivity index (χ1v) is 10.9. The van der Waals surface area contributed by atoms with E-state index in [0.717, 1.165) is 11.3 Å². The molecule has 6 heteroatoms. The van der Waals surface area contributed by atoms with E-state index in [4.69, 9.17) is 16.3 Å². The monoisotopic (exact) mass is 430 g/mol. The molecule has 1 fully saturated rings. The van der Waals surface area contributed by atoms with Crippen molar-refractivity contribution in [3.05, 3.63) is 69.3 Å². The number of halogens is 2. The quantitative estimate of drug-likeness (QED) is 0.331. The fourth-order valence-electron chi connectivity index (χ4n) is 3.83. The SMILES string of the molecule is O=C(COC(=O)c1sc2cc(F)ccc2c1Cl)c1ccc(C2CCCCC2)cc1. The molecule has 0 bridgehead atoms. The summed E-state index contributed by atoms with van der Waals surface area (Å²) in [6, 6.07) is 11.7. The minimum atomic E-state index is -0.677. The third kappa shape index (κ3) is 4.36. The number of hydrogen-bond donors (Lipinski definition) is 0. The summed E-state index contributed by atoms with van der Waals surface area (Å²) in [4.78, 5) is 25.0. The van der Waals surface area contributed by atoms with E-state index in [0.29, 0.717) is 21.6 Å². The third-order valence-corrected chi connectivity index (χ3v) is 7.06. The molecule has 29 heavy (non-hydrogen) atoms. The van der Waals surface area contributed by atoms with E-state index in [-0.39, 0.29) is 22.3 Å². The van der Waals surface area contributed by atoms with E-state index >= 15 is 0 Å². The van der Waals surface area contributed by atoms with Gasteiger partial charge in [-0.1, -0.05) is 55.1 Å². The van der Waals surface area contributed by atoms with Gasteiger partial charge in [0.15, 0.2) is 12.4 Å². The summed E-state index contributed by atoms with van der Waals surface area (Å²) >= 11 is 7.28. The van der Waals surface area contributed by atoms with Crippen molar-refractivity contribution < 1.29 is 18.7 Å². The molecule has 3 aromatic rings. The molecule has 3 nitrogen and oxygen atoms in total. The predicted molar refractivity (Wildman–Crippen MR) is 114 cm³/mol. The average Bonchev–Trinajstić information content (AvgIpc) is 3.08. The predicted octanol–water partition coefficient (Wildman–Crippen LogP) is 6.78. The van der Waals surface area contributed by atoms with Crippen LogP contribution >= 0.6 is 22.9 Å². The van der Waals surface area contributed by atoms with Crippen molar-refractivity contribution in [3.8, 4) is 0 Å². The molecule has 1 aromatic heterocycles. The van der Waals surface area contributed by atoms with Crippen molar-refractivity contribution in [1.82, 2.24) is 0 Å². The molecule has 150 valence electrons. The third-order valence-electron chi connectivity index (χ3n) is 5.42. The number of Topliss-reactive ketones (excluding diaryl/α,β-unsaturated/α-hetero) is 1. The first-order valence-electron chi connectivity index (χ1n) is 9.71. The Hall–Kier alpha value is -2.24. The van der Waals surface area contributed by atoms with Crippen LogP contribution in [0.25, 0.3) is 10.1 Å². The van der Waals surface area contributed by atoms with Crippen LogP contribution in [-0.2, 0) is 4.74 Å². The second-order valence-corrected chi connectivity index (χ2v) is 8.77. The number of carbonyl (C=O) groups is 2. The number of esters is 1. The summed E-state index contributed by atoms with van der Waals surface area (Å²) in [6.07, 6.45) is 6.22. The van der Waals surface area contributed by atoms with E-state index in [1.807, 2.05) is 12.1 Å². The first kappa shape index (κ1) is 20.0. The van der Waals surface area contributed by atoms with Crippen molar-refractivity contribution in [3.63, 3.8) is 0 Å². The zero-order valence-corrected chi connectivity index (χ0v) is 17.3. The maximum Gasteiger partial charge on any atom is 0.350 e. The van der Waals surface area contributed by atoms with Crippen molar-refractivity contribution in [2.75, 3.05) is 6.61 Å². The molecular formula is C23H20ClFO3S. The highest BCUT2D eigenvalue weighted by Crippen LogP contribution is 2.36. The second-order valence-electron chi connectivity index (χ2n) is 7.34. The van der Waals surface area contributed by atoms with Crippen LogP contribution in [-0.4, -0.2) is 18.4 Å². The van der Waals surface area contributed by atoms with E-state index in [1.165, 1.54) is 55.9 Å². The van der Waals surface area contributed by atoms with Gasteiger partial charge in [-0.25, -0.2) is 9.18 Å². The maximum absolute atomic E-state index is 13.4. The molecule has 0 amide bonds. The van der Waals surface area contributed by atoms with Gasteiger partial charge >= 0.3 is 5.97 Å². The zero-order chi connectivity index (χ0) is 20.4. The van der Waals surface area contributed by atoms with Crippen LogP contribution < -0.4 is 0 Å². The lowest BCUT2D eigenvalue weighted by Crippen LogP contribution is -2.14. The minimum absolute atomic E-state index is 0.174. The number of thiophene rings is 1. The number of ether oxygens (including phenoxy) is 1. The topological polar surface area (TPSA) is 43.4 Å². The summed E-state index contributed by atoms with van der Waals surface area (Å²) in [5.41, 5.74) is 1.78.